The lowest BCUT2D eigenvalue weighted by atomic mass is 10.1. The molecular formula is C12H11N3O. The standard InChI is InChI=1S/C12H11N3O/c13-10-3-1-9(2-4-10)7-12(16)11-8-14-5-6-15-11/h1-6,8H,7,13H2. The van der Waals surface area contributed by atoms with Crippen LogP contribution in [0.5, 0.6) is 0 Å². The summed E-state index contributed by atoms with van der Waals surface area (Å²) < 4.78 is 0. The molecule has 0 fully saturated rings. The van der Waals surface area contributed by atoms with Gasteiger partial charge in [-0.2, -0.15) is 0 Å². The number of carbonyl (C=O) groups is 1. The van der Waals surface area contributed by atoms with Crippen molar-refractivity contribution in [3.05, 3.63) is 54.1 Å². The summed E-state index contributed by atoms with van der Waals surface area (Å²) in [5.41, 5.74) is 7.56. The van der Waals surface area contributed by atoms with Crippen molar-refractivity contribution in [2.75, 3.05) is 5.73 Å². The molecule has 16 heavy (non-hydrogen) atoms. The maximum atomic E-state index is 11.8. The minimum atomic E-state index is -0.0436. The fourth-order valence-corrected chi connectivity index (χ4v) is 1.35. The summed E-state index contributed by atoms with van der Waals surface area (Å²) in [6.45, 7) is 0. The average Bonchev–Trinajstić information content (AvgIpc) is 2.33. The maximum Gasteiger partial charge on any atom is 0.187 e. The predicted octanol–water partition coefficient (Wildman–Crippen LogP) is 1.48. The third-order valence-corrected chi connectivity index (χ3v) is 2.19. The summed E-state index contributed by atoms with van der Waals surface area (Å²) >= 11 is 0. The van der Waals surface area contributed by atoms with Crippen LogP contribution < -0.4 is 5.73 Å². The van der Waals surface area contributed by atoms with E-state index in [9.17, 15) is 4.79 Å². The molecule has 0 aliphatic heterocycles. The summed E-state index contributed by atoms with van der Waals surface area (Å²) in [5, 5.41) is 0. The zero-order valence-corrected chi connectivity index (χ0v) is 8.63. The van der Waals surface area contributed by atoms with Gasteiger partial charge in [0.05, 0.1) is 6.20 Å². The van der Waals surface area contributed by atoms with Crippen LogP contribution in [0.4, 0.5) is 5.69 Å². The Kier molecular flexibility index (Phi) is 2.91. The van der Waals surface area contributed by atoms with Crippen LogP contribution in [0.3, 0.4) is 0 Å². The van der Waals surface area contributed by atoms with Gasteiger partial charge < -0.3 is 5.73 Å². The van der Waals surface area contributed by atoms with Crippen LogP contribution in [-0.4, -0.2) is 15.8 Å². The molecule has 4 nitrogen and oxygen atoms in total. The van der Waals surface area contributed by atoms with E-state index in [2.05, 4.69) is 9.97 Å². The van der Waals surface area contributed by atoms with Crippen molar-refractivity contribution in [3.63, 3.8) is 0 Å². The summed E-state index contributed by atoms with van der Waals surface area (Å²) in [6.07, 6.45) is 4.84. The zero-order valence-electron chi connectivity index (χ0n) is 8.63. The van der Waals surface area contributed by atoms with Crippen molar-refractivity contribution in [1.29, 1.82) is 0 Å². The monoisotopic (exact) mass is 213 g/mol. The molecule has 0 atom stereocenters. The first-order chi connectivity index (χ1) is 7.75. The quantitative estimate of drug-likeness (QED) is 0.619. The van der Waals surface area contributed by atoms with Crippen LogP contribution in [0, 0.1) is 0 Å². The lowest BCUT2D eigenvalue weighted by Gasteiger charge is -2.00. The highest BCUT2D eigenvalue weighted by Crippen LogP contribution is 2.08. The minimum Gasteiger partial charge on any atom is -0.399 e. The van der Waals surface area contributed by atoms with Gasteiger partial charge >= 0.3 is 0 Å². The molecule has 2 N–H and O–H groups in total. The number of nitrogen functional groups attached to an aromatic ring is 1. The molecule has 0 bridgehead atoms. The molecule has 2 aromatic rings. The lowest BCUT2D eigenvalue weighted by molar-refractivity contribution is 0.0988. The van der Waals surface area contributed by atoms with E-state index in [1.165, 1.54) is 12.4 Å². The number of aromatic nitrogens is 2. The van der Waals surface area contributed by atoms with Gasteiger partial charge in [0.2, 0.25) is 0 Å². The summed E-state index contributed by atoms with van der Waals surface area (Å²) in [6, 6.07) is 7.23. The van der Waals surface area contributed by atoms with Gasteiger partial charge in [-0.3, -0.25) is 9.78 Å². The molecule has 0 aliphatic rings. The van der Waals surface area contributed by atoms with Crippen LogP contribution >= 0.6 is 0 Å². The molecule has 2 rings (SSSR count). The van der Waals surface area contributed by atoms with Crippen molar-refractivity contribution in [3.8, 4) is 0 Å². The third kappa shape index (κ3) is 2.42. The summed E-state index contributed by atoms with van der Waals surface area (Å²) in [4.78, 5) is 19.6. The minimum absolute atomic E-state index is 0.0436. The zero-order chi connectivity index (χ0) is 11.4. The topological polar surface area (TPSA) is 68.9 Å². The van der Waals surface area contributed by atoms with Crippen molar-refractivity contribution in [1.82, 2.24) is 9.97 Å². The average molecular weight is 213 g/mol. The second kappa shape index (κ2) is 4.53. The fourth-order valence-electron chi connectivity index (χ4n) is 1.35. The van der Waals surface area contributed by atoms with E-state index >= 15 is 0 Å². The molecule has 0 spiro atoms. The van der Waals surface area contributed by atoms with Gasteiger partial charge in [-0.25, -0.2) is 4.98 Å². The largest absolute Gasteiger partial charge is 0.399 e. The van der Waals surface area contributed by atoms with Crippen LogP contribution in [0.15, 0.2) is 42.9 Å². The Morgan fingerprint density at radius 3 is 2.56 bits per heavy atom. The number of nitrogens with two attached hydrogens (primary N) is 1. The molecule has 1 aromatic heterocycles. The Labute approximate surface area is 93.2 Å². The first kappa shape index (κ1) is 10.3. The molecule has 1 heterocycles. The molecule has 4 heteroatoms. The molecule has 0 amide bonds. The molecule has 0 unspecified atom stereocenters. The van der Waals surface area contributed by atoms with E-state index in [1.807, 2.05) is 12.1 Å². The smallest absolute Gasteiger partial charge is 0.187 e. The Morgan fingerprint density at radius 1 is 1.19 bits per heavy atom. The first-order valence-electron chi connectivity index (χ1n) is 4.89. The van der Waals surface area contributed by atoms with Crippen molar-refractivity contribution >= 4 is 11.5 Å². The Hall–Kier alpha value is -2.23. The molecular weight excluding hydrogens is 202 g/mol. The molecule has 0 aliphatic carbocycles. The maximum absolute atomic E-state index is 11.8. The number of hydrogen-bond donors (Lipinski definition) is 1. The number of Topliss-reactive ketones (excluding diaryl/α,β-unsaturated/α-hetero) is 1. The highest BCUT2D eigenvalue weighted by atomic mass is 16.1. The van der Waals surface area contributed by atoms with Crippen LogP contribution in [0.2, 0.25) is 0 Å². The number of benzene rings is 1. The van der Waals surface area contributed by atoms with Gasteiger partial charge in [0.25, 0.3) is 0 Å². The molecule has 0 saturated carbocycles. The molecule has 1 aromatic carbocycles. The van der Waals surface area contributed by atoms with Gasteiger partial charge in [-0.15, -0.1) is 0 Å². The highest BCUT2D eigenvalue weighted by molar-refractivity contribution is 5.95. The molecule has 0 saturated heterocycles. The molecule has 0 radical (unpaired) electrons. The van der Waals surface area contributed by atoms with Crippen LogP contribution in [0.25, 0.3) is 0 Å². The van der Waals surface area contributed by atoms with Gasteiger partial charge in [0, 0.05) is 24.5 Å². The van der Waals surface area contributed by atoms with E-state index in [1.54, 1.807) is 18.3 Å². The van der Waals surface area contributed by atoms with Gasteiger partial charge in [0.1, 0.15) is 5.69 Å². The van der Waals surface area contributed by atoms with Crippen molar-refractivity contribution in [2.24, 2.45) is 0 Å². The number of ketones is 1. The van der Waals surface area contributed by atoms with Gasteiger partial charge in [-0.1, -0.05) is 12.1 Å². The van der Waals surface area contributed by atoms with Gasteiger partial charge in [-0.05, 0) is 17.7 Å². The Morgan fingerprint density at radius 2 is 1.94 bits per heavy atom. The summed E-state index contributed by atoms with van der Waals surface area (Å²) in [5.74, 6) is -0.0436. The lowest BCUT2D eigenvalue weighted by Crippen LogP contribution is -2.06. The number of carbonyl (C=O) groups excluding carboxylic acids is 1. The predicted molar refractivity (Wildman–Crippen MR) is 60.9 cm³/mol. The first-order valence-corrected chi connectivity index (χ1v) is 4.89. The number of nitrogens with zero attached hydrogens (tertiary/aromatic N) is 2. The van der Waals surface area contributed by atoms with Crippen LogP contribution in [0.1, 0.15) is 16.1 Å². The van der Waals surface area contributed by atoms with E-state index in [-0.39, 0.29) is 5.78 Å². The summed E-state index contributed by atoms with van der Waals surface area (Å²) in [7, 11) is 0. The van der Waals surface area contributed by atoms with E-state index in [4.69, 9.17) is 5.73 Å². The van der Waals surface area contributed by atoms with E-state index in [0.29, 0.717) is 17.8 Å². The Bertz CT molecular complexity index is 479. The van der Waals surface area contributed by atoms with E-state index < -0.39 is 0 Å². The van der Waals surface area contributed by atoms with Crippen molar-refractivity contribution < 1.29 is 4.79 Å². The second-order valence-electron chi connectivity index (χ2n) is 3.43. The van der Waals surface area contributed by atoms with E-state index in [0.717, 1.165) is 5.56 Å². The fraction of sp³-hybridized carbons (Fsp3) is 0.0833. The second-order valence-corrected chi connectivity index (χ2v) is 3.43. The number of anilines is 1. The normalized spacial score (nSPS) is 10.0. The third-order valence-electron chi connectivity index (χ3n) is 2.19. The molecule has 80 valence electrons. The number of hydrogen-bond acceptors (Lipinski definition) is 4. The van der Waals surface area contributed by atoms with Gasteiger partial charge in [0.15, 0.2) is 5.78 Å². The SMILES string of the molecule is Nc1ccc(CC(=O)c2cnccn2)cc1. The number of rotatable bonds is 3. The van der Waals surface area contributed by atoms with Crippen molar-refractivity contribution in [2.45, 2.75) is 6.42 Å². The highest BCUT2D eigenvalue weighted by Gasteiger charge is 2.07. The Balaban J connectivity index is 2.11. The van der Waals surface area contributed by atoms with Crippen LogP contribution in [-0.2, 0) is 6.42 Å².